The van der Waals surface area contributed by atoms with Crippen LogP contribution >= 0.6 is 35.4 Å². The van der Waals surface area contributed by atoms with Crippen LogP contribution in [0.25, 0.3) is 11.4 Å². The third-order valence-corrected chi connectivity index (χ3v) is 5.35. The van der Waals surface area contributed by atoms with Gasteiger partial charge in [-0.15, -0.1) is 0 Å². The van der Waals surface area contributed by atoms with Crippen molar-refractivity contribution in [1.82, 2.24) is 19.9 Å². The maximum Gasteiger partial charge on any atom is 0.214 e. The monoisotopic (exact) mass is 457 g/mol. The Labute approximate surface area is 188 Å². The zero-order chi connectivity index (χ0) is 20.9. The largest absolute Gasteiger partial charge is 0.489 e. The summed E-state index contributed by atoms with van der Waals surface area (Å²) >= 11 is 17.4. The minimum atomic E-state index is 0.396. The maximum absolute atomic E-state index is 6.06. The first-order valence-electron chi connectivity index (χ1n) is 9.07. The number of rotatable bonds is 7. The molecule has 2 heterocycles. The van der Waals surface area contributed by atoms with Gasteiger partial charge in [-0.2, -0.15) is 5.10 Å². The molecule has 6 nitrogen and oxygen atoms in total. The van der Waals surface area contributed by atoms with E-state index in [-0.39, 0.29) is 0 Å². The normalized spacial score (nSPS) is 10.7. The van der Waals surface area contributed by atoms with Crippen LogP contribution in [-0.2, 0) is 13.2 Å². The average molecular weight is 458 g/mol. The fourth-order valence-electron chi connectivity index (χ4n) is 2.85. The van der Waals surface area contributed by atoms with Crippen LogP contribution in [0.3, 0.4) is 0 Å². The number of aromatic amines is 1. The van der Waals surface area contributed by atoms with Gasteiger partial charge in [-0.25, -0.2) is 9.77 Å². The average Bonchev–Trinajstić information content (AvgIpc) is 3.14. The van der Waals surface area contributed by atoms with Crippen LogP contribution < -0.4 is 10.2 Å². The van der Waals surface area contributed by atoms with Gasteiger partial charge >= 0.3 is 0 Å². The Bertz CT molecular complexity index is 1210. The molecule has 0 bridgehead atoms. The number of H-pyrrole nitrogens is 1. The minimum Gasteiger partial charge on any atom is -0.489 e. The third kappa shape index (κ3) is 4.81. The topological polar surface area (TPSA) is 67.8 Å². The second-order valence-electron chi connectivity index (χ2n) is 6.44. The Kier molecular flexibility index (Phi) is 6.32. The van der Waals surface area contributed by atoms with E-state index in [2.05, 4.69) is 20.6 Å². The van der Waals surface area contributed by atoms with E-state index in [0.29, 0.717) is 33.8 Å². The highest BCUT2D eigenvalue weighted by Crippen LogP contribution is 2.24. The molecule has 0 saturated carbocycles. The van der Waals surface area contributed by atoms with Gasteiger partial charge in [-0.05, 0) is 59.7 Å². The van der Waals surface area contributed by atoms with Gasteiger partial charge in [0, 0.05) is 18.0 Å². The molecule has 0 aliphatic heterocycles. The molecule has 4 aromatic rings. The highest BCUT2D eigenvalue weighted by molar-refractivity contribution is 7.71. The molecule has 0 amide bonds. The van der Waals surface area contributed by atoms with Gasteiger partial charge in [0.1, 0.15) is 12.4 Å². The molecule has 30 heavy (non-hydrogen) atoms. The van der Waals surface area contributed by atoms with Gasteiger partial charge in [0.25, 0.3) is 0 Å². The Morgan fingerprint density at radius 1 is 1.00 bits per heavy atom. The number of nitrogens with one attached hydrogen (secondary N) is 2. The van der Waals surface area contributed by atoms with Gasteiger partial charge in [-0.1, -0.05) is 41.4 Å². The minimum absolute atomic E-state index is 0.396. The number of nitrogens with zero attached hydrogens (tertiary/aromatic N) is 3. The number of hydrogen-bond acceptors (Lipinski definition) is 5. The first-order valence-corrected chi connectivity index (χ1v) is 10.2. The van der Waals surface area contributed by atoms with E-state index in [1.54, 1.807) is 29.2 Å². The summed E-state index contributed by atoms with van der Waals surface area (Å²) in [5, 5.41) is 8.16. The molecule has 0 aliphatic carbocycles. The van der Waals surface area contributed by atoms with E-state index in [0.717, 1.165) is 22.4 Å². The highest BCUT2D eigenvalue weighted by Gasteiger charge is 2.09. The second-order valence-corrected chi connectivity index (χ2v) is 7.64. The lowest BCUT2D eigenvalue weighted by atomic mass is 10.2. The standard InChI is InChI=1S/C21H17Cl2N5OS/c22-18-5-4-15(11-19(18)23)13-29-17-3-1-2-14(10-17)12-25-28-20(26-27-21(28)30)16-6-8-24-9-7-16/h1-11,25H,12-13H2,(H,27,30). The zero-order valence-electron chi connectivity index (χ0n) is 15.7. The van der Waals surface area contributed by atoms with Crippen molar-refractivity contribution in [3.8, 4) is 17.1 Å². The Morgan fingerprint density at radius 2 is 1.83 bits per heavy atom. The predicted octanol–water partition coefficient (Wildman–Crippen LogP) is 5.63. The molecule has 0 unspecified atom stereocenters. The summed E-state index contributed by atoms with van der Waals surface area (Å²) in [5.74, 6) is 1.44. The second kappa shape index (κ2) is 9.30. The third-order valence-electron chi connectivity index (χ3n) is 4.34. The van der Waals surface area contributed by atoms with Gasteiger partial charge in [0.15, 0.2) is 5.82 Å². The molecule has 2 aromatic carbocycles. The van der Waals surface area contributed by atoms with Crippen molar-refractivity contribution >= 4 is 35.4 Å². The molecule has 0 aliphatic rings. The fourth-order valence-corrected chi connectivity index (χ4v) is 3.37. The van der Waals surface area contributed by atoms with Crippen molar-refractivity contribution in [3.63, 3.8) is 0 Å². The fraction of sp³-hybridized carbons (Fsp3) is 0.0952. The highest BCUT2D eigenvalue weighted by atomic mass is 35.5. The van der Waals surface area contributed by atoms with Crippen LogP contribution in [0.5, 0.6) is 5.75 Å². The summed E-state index contributed by atoms with van der Waals surface area (Å²) in [4.78, 5) is 4.04. The van der Waals surface area contributed by atoms with Gasteiger partial charge < -0.3 is 10.2 Å². The molecule has 152 valence electrons. The summed E-state index contributed by atoms with van der Waals surface area (Å²) in [6, 6.07) is 17.0. The SMILES string of the molecule is S=c1[nH]nc(-c2ccncc2)n1NCc1cccc(OCc2ccc(Cl)c(Cl)c2)c1. The predicted molar refractivity (Wildman–Crippen MR) is 121 cm³/mol. The van der Waals surface area contributed by atoms with E-state index in [4.69, 9.17) is 40.2 Å². The van der Waals surface area contributed by atoms with Crippen molar-refractivity contribution in [2.45, 2.75) is 13.2 Å². The molecule has 0 atom stereocenters. The van der Waals surface area contributed by atoms with Crippen molar-refractivity contribution in [3.05, 3.63) is 92.9 Å². The summed E-state index contributed by atoms with van der Waals surface area (Å²) in [7, 11) is 0. The number of pyridine rings is 1. The number of halogens is 2. The van der Waals surface area contributed by atoms with E-state index >= 15 is 0 Å². The number of aromatic nitrogens is 4. The molecule has 2 N–H and O–H groups in total. The van der Waals surface area contributed by atoms with Crippen molar-refractivity contribution in [1.29, 1.82) is 0 Å². The summed E-state index contributed by atoms with van der Waals surface area (Å²) in [6.45, 7) is 0.933. The Hall–Kier alpha value is -2.87. The van der Waals surface area contributed by atoms with E-state index in [9.17, 15) is 0 Å². The van der Waals surface area contributed by atoms with Crippen LogP contribution in [0.4, 0.5) is 0 Å². The lowest BCUT2D eigenvalue weighted by Crippen LogP contribution is -2.16. The molecule has 4 rings (SSSR count). The molecule has 0 radical (unpaired) electrons. The summed E-state index contributed by atoms with van der Waals surface area (Å²) < 4.78 is 8.12. The lowest BCUT2D eigenvalue weighted by Gasteiger charge is -2.12. The molecular formula is C21H17Cl2N5OS. The number of benzene rings is 2. The maximum atomic E-state index is 6.06. The molecule has 2 aromatic heterocycles. The van der Waals surface area contributed by atoms with Crippen molar-refractivity contribution < 1.29 is 4.74 Å². The Balaban J connectivity index is 1.44. The van der Waals surface area contributed by atoms with Crippen LogP contribution in [0.15, 0.2) is 67.0 Å². The van der Waals surface area contributed by atoms with E-state index < -0.39 is 0 Å². The first-order chi connectivity index (χ1) is 14.6. The van der Waals surface area contributed by atoms with Gasteiger partial charge in [0.05, 0.1) is 16.6 Å². The molecule has 0 saturated heterocycles. The first kappa shape index (κ1) is 20.4. The van der Waals surface area contributed by atoms with Crippen LogP contribution in [0.2, 0.25) is 10.0 Å². The Morgan fingerprint density at radius 3 is 2.63 bits per heavy atom. The molecular weight excluding hydrogens is 441 g/mol. The molecule has 0 fully saturated rings. The number of ether oxygens (including phenoxy) is 1. The summed E-state index contributed by atoms with van der Waals surface area (Å²) in [5.41, 5.74) is 6.18. The van der Waals surface area contributed by atoms with Gasteiger partial charge in [0.2, 0.25) is 4.77 Å². The van der Waals surface area contributed by atoms with Crippen LogP contribution in [0.1, 0.15) is 11.1 Å². The molecule has 0 spiro atoms. The lowest BCUT2D eigenvalue weighted by molar-refractivity contribution is 0.306. The van der Waals surface area contributed by atoms with E-state index in [1.165, 1.54) is 0 Å². The van der Waals surface area contributed by atoms with E-state index in [1.807, 2.05) is 42.5 Å². The summed E-state index contributed by atoms with van der Waals surface area (Å²) in [6.07, 6.45) is 3.43. The van der Waals surface area contributed by atoms with Crippen LogP contribution in [-0.4, -0.2) is 19.9 Å². The molecule has 9 heteroatoms. The van der Waals surface area contributed by atoms with Crippen LogP contribution in [0, 0.1) is 4.77 Å². The number of hydrogen-bond donors (Lipinski definition) is 2. The van der Waals surface area contributed by atoms with Crippen molar-refractivity contribution in [2.75, 3.05) is 5.43 Å². The smallest absolute Gasteiger partial charge is 0.214 e. The quantitative estimate of drug-likeness (QED) is 0.351. The zero-order valence-corrected chi connectivity index (χ0v) is 18.0. The van der Waals surface area contributed by atoms with Crippen molar-refractivity contribution in [2.24, 2.45) is 0 Å². The van der Waals surface area contributed by atoms with Gasteiger partial charge in [-0.3, -0.25) is 4.98 Å².